The Morgan fingerprint density at radius 2 is 2.10 bits per heavy atom. The summed E-state index contributed by atoms with van der Waals surface area (Å²) in [6, 6.07) is 9.09. The van der Waals surface area contributed by atoms with E-state index in [0.717, 1.165) is 17.0 Å². The molecule has 1 heterocycles. The Balaban J connectivity index is 1.89. The highest BCUT2D eigenvalue weighted by Gasteiger charge is 2.12. The molecule has 0 fully saturated rings. The third-order valence-corrected chi connectivity index (χ3v) is 3.11. The van der Waals surface area contributed by atoms with Crippen LogP contribution in [0.4, 0.5) is 10.1 Å². The number of aromatic amines is 1. The number of nitrogens with zero attached hydrogens (tertiary/aromatic N) is 1. The van der Waals surface area contributed by atoms with Gasteiger partial charge in [-0.25, -0.2) is 4.39 Å². The van der Waals surface area contributed by atoms with Gasteiger partial charge in [0.2, 0.25) is 0 Å². The summed E-state index contributed by atoms with van der Waals surface area (Å²) in [6.45, 7) is 0. The van der Waals surface area contributed by atoms with Crippen LogP contribution < -0.4 is 5.32 Å². The lowest BCUT2D eigenvalue weighted by Gasteiger charge is -2.06. The van der Waals surface area contributed by atoms with Crippen molar-refractivity contribution in [3.05, 3.63) is 59.0 Å². The van der Waals surface area contributed by atoms with E-state index >= 15 is 0 Å². The second kappa shape index (κ2) is 4.94. The molecule has 0 aliphatic rings. The quantitative estimate of drug-likeness (QED) is 0.757. The monoisotopic (exact) mass is 289 g/mol. The van der Waals surface area contributed by atoms with E-state index < -0.39 is 11.7 Å². The van der Waals surface area contributed by atoms with E-state index in [1.54, 1.807) is 24.4 Å². The Morgan fingerprint density at radius 1 is 1.25 bits per heavy atom. The van der Waals surface area contributed by atoms with E-state index in [4.69, 9.17) is 11.6 Å². The summed E-state index contributed by atoms with van der Waals surface area (Å²) in [5, 5.41) is 10.5. The molecule has 2 N–H and O–H groups in total. The van der Waals surface area contributed by atoms with Crippen molar-refractivity contribution in [1.82, 2.24) is 10.2 Å². The van der Waals surface area contributed by atoms with Gasteiger partial charge in [-0.2, -0.15) is 5.10 Å². The molecule has 0 atom stereocenters. The normalized spacial score (nSPS) is 10.7. The molecule has 4 nitrogen and oxygen atoms in total. The highest BCUT2D eigenvalue weighted by atomic mass is 35.5. The van der Waals surface area contributed by atoms with Gasteiger partial charge in [-0.15, -0.1) is 0 Å². The predicted molar refractivity (Wildman–Crippen MR) is 75.5 cm³/mol. The topological polar surface area (TPSA) is 57.8 Å². The SMILES string of the molecule is O=C(Nc1ccc2[nH]ncc2c1)c1cc(Cl)ccc1F. The van der Waals surface area contributed by atoms with Crippen LogP contribution in [0.15, 0.2) is 42.6 Å². The molecule has 0 aliphatic heterocycles. The molecule has 100 valence electrons. The van der Waals surface area contributed by atoms with E-state index in [2.05, 4.69) is 15.5 Å². The van der Waals surface area contributed by atoms with Crippen LogP contribution in [0, 0.1) is 5.82 Å². The average molecular weight is 290 g/mol. The summed E-state index contributed by atoms with van der Waals surface area (Å²) in [5.74, 6) is -1.16. The number of fused-ring (bicyclic) bond motifs is 1. The van der Waals surface area contributed by atoms with Crippen LogP contribution in [0.5, 0.6) is 0 Å². The number of hydrogen-bond acceptors (Lipinski definition) is 2. The third kappa shape index (κ3) is 2.35. The smallest absolute Gasteiger partial charge is 0.258 e. The van der Waals surface area contributed by atoms with Gasteiger partial charge in [-0.3, -0.25) is 9.89 Å². The summed E-state index contributed by atoms with van der Waals surface area (Å²) in [7, 11) is 0. The number of amides is 1. The molecule has 3 rings (SSSR count). The van der Waals surface area contributed by atoms with Gasteiger partial charge in [0.05, 0.1) is 17.3 Å². The van der Waals surface area contributed by atoms with Gasteiger partial charge in [0, 0.05) is 16.1 Å². The van der Waals surface area contributed by atoms with Crippen LogP contribution in [-0.2, 0) is 0 Å². The highest BCUT2D eigenvalue weighted by Crippen LogP contribution is 2.19. The van der Waals surface area contributed by atoms with E-state index in [1.165, 1.54) is 12.1 Å². The van der Waals surface area contributed by atoms with Crippen LogP contribution in [0.3, 0.4) is 0 Å². The molecule has 0 bridgehead atoms. The highest BCUT2D eigenvalue weighted by molar-refractivity contribution is 6.31. The Bertz CT molecular complexity index is 800. The van der Waals surface area contributed by atoms with Crippen molar-refractivity contribution >= 4 is 34.1 Å². The van der Waals surface area contributed by atoms with Gasteiger partial charge in [0.15, 0.2) is 0 Å². The van der Waals surface area contributed by atoms with Crippen molar-refractivity contribution in [3.63, 3.8) is 0 Å². The summed E-state index contributed by atoms with van der Waals surface area (Å²) >= 11 is 5.77. The number of H-pyrrole nitrogens is 1. The minimum Gasteiger partial charge on any atom is -0.322 e. The molecule has 3 aromatic rings. The lowest BCUT2D eigenvalue weighted by atomic mass is 10.2. The molecule has 0 saturated carbocycles. The maximum Gasteiger partial charge on any atom is 0.258 e. The van der Waals surface area contributed by atoms with E-state index in [9.17, 15) is 9.18 Å². The second-order valence-corrected chi connectivity index (χ2v) is 4.69. The zero-order chi connectivity index (χ0) is 14.1. The Kier molecular flexibility index (Phi) is 3.12. The van der Waals surface area contributed by atoms with Crippen molar-refractivity contribution in [2.45, 2.75) is 0 Å². The second-order valence-electron chi connectivity index (χ2n) is 4.25. The fourth-order valence-electron chi connectivity index (χ4n) is 1.89. The zero-order valence-electron chi connectivity index (χ0n) is 10.2. The number of nitrogens with one attached hydrogen (secondary N) is 2. The lowest BCUT2D eigenvalue weighted by Crippen LogP contribution is -2.13. The van der Waals surface area contributed by atoms with Gasteiger partial charge in [0.25, 0.3) is 5.91 Å². The van der Waals surface area contributed by atoms with Crippen LogP contribution in [0.2, 0.25) is 5.02 Å². The molecule has 0 radical (unpaired) electrons. The number of anilines is 1. The average Bonchev–Trinajstić information content (AvgIpc) is 2.89. The number of carbonyl (C=O) groups is 1. The minimum atomic E-state index is -0.615. The molecular weight excluding hydrogens is 281 g/mol. The van der Waals surface area contributed by atoms with Crippen LogP contribution >= 0.6 is 11.6 Å². The van der Waals surface area contributed by atoms with Crippen LogP contribution in [0.25, 0.3) is 10.9 Å². The zero-order valence-corrected chi connectivity index (χ0v) is 10.9. The summed E-state index contributed by atoms with van der Waals surface area (Å²) in [4.78, 5) is 12.0. The lowest BCUT2D eigenvalue weighted by molar-refractivity contribution is 0.102. The molecule has 1 amide bonds. The first-order chi connectivity index (χ1) is 9.63. The summed E-state index contributed by atoms with van der Waals surface area (Å²) in [5.41, 5.74) is 1.32. The minimum absolute atomic E-state index is 0.0928. The van der Waals surface area contributed by atoms with Crippen molar-refractivity contribution in [3.8, 4) is 0 Å². The van der Waals surface area contributed by atoms with Gasteiger partial charge >= 0.3 is 0 Å². The van der Waals surface area contributed by atoms with E-state index in [1.807, 2.05) is 0 Å². The standard InChI is InChI=1S/C14H9ClFN3O/c15-9-1-3-12(16)11(6-9)14(20)18-10-2-4-13-8(5-10)7-17-19-13/h1-7H,(H,17,19)(H,18,20). The van der Waals surface area contributed by atoms with Crippen molar-refractivity contribution in [1.29, 1.82) is 0 Å². The maximum atomic E-state index is 13.6. The summed E-state index contributed by atoms with van der Waals surface area (Å²) in [6.07, 6.45) is 1.64. The molecule has 0 aliphatic carbocycles. The van der Waals surface area contributed by atoms with Gasteiger partial charge in [0.1, 0.15) is 5.82 Å². The van der Waals surface area contributed by atoms with Crippen molar-refractivity contribution < 1.29 is 9.18 Å². The largest absolute Gasteiger partial charge is 0.322 e. The molecular formula is C14H9ClFN3O. The van der Waals surface area contributed by atoms with Gasteiger partial charge in [-0.1, -0.05) is 11.6 Å². The van der Waals surface area contributed by atoms with E-state index in [-0.39, 0.29) is 5.56 Å². The number of halogens is 2. The molecule has 0 saturated heterocycles. The Hall–Kier alpha value is -2.40. The number of benzene rings is 2. The molecule has 20 heavy (non-hydrogen) atoms. The first-order valence-electron chi connectivity index (χ1n) is 5.83. The molecule has 6 heteroatoms. The maximum absolute atomic E-state index is 13.6. The first-order valence-corrected chi connectivity index (χ1v) is 6.21. The molecule has 1 aromatic heterocycles. The van der Waals surface area contributed by atoms with Crippen molar-refractivity contribution in [2.75, 3.05) is 5.32 Å². The Labute approximate surface area is 118 Å². The van der Waals surface area contributed by atoms with Crippen LogP contribution in [-0.4, -0.2) is 16.1 Å². The summed E-state index contributed by atoms with van der Waals surface area (Å²) < 4.78 is 13.6. The number of rotatable bonds is 2. The van der Waals surface area contributed by atoms with Gasteiger partial charge in [-0.05, 0) is 36.4 Å². The van der Waals surface area contributed by atoms with Gasteiger partial charge < -0.3 is 5.32 Å². The fraction of sp³-hybridized carbons (Fsp3) is 0. The number of hydrogen-bond donors (Lipinski definition) is 2. The number of carbonyl (C=O) groups excluding carboxylic acids is 1. The molecule has 0 unspecified atom stereocenters. The predicted octanol–water partition coefficient (Wildman–Crippen LogP) is 3.61. The first kappa shape index (κ1) is 12.6. The molecule has 2 aromatic carbocycles. The van der Waals surface area contributed by atoms with Crippen molar-refractivity contribution in [2.24, 2.45) is 0 Å². The molecule has 0 spiro atoms. The third-order valence-electron chi connectivity index (χ3n) is 2.87. The van der Waals surface area contributed by atoms with E-state index in [0.29, 0.717) is 10.7 Å². The van der Waals surface area contributed by atoms with Crippen LogP contribution in [0.1, 0.15) is 10.4 Å². The fourth-order valence-corrected chi connectivity index (χ4v) is 2.06. The number of aromatic nitrogens is 2. The Morgan fingerprint density at radius 3 is 2.95 bits per heavy atom.